The van der Waals surface area contributed by atoms with E-state index in [0.29, 0.717) is 25.3 Å². The molecule has 3 amide bonds. The largest absolute Gasteiger partial charge is 0.467 e. The minimum atomic E-state index is -0.497. The number of anilines is 1. The Hall–Kier alpha value is -2.76. The summed E-state index contributed by atoms with van der Waals surface area (Å²) >= 11 is 0. The van der Waals surface area contributed by atoms with Gasteiger partial charge in [0.2, 0.25) is 5.91 Å². The molecule has 3 rings (SSSR count). The molecule has 1 saturated heterocycles. The van der Waals surface area contributed by atoms with E-state index in [1.807, 2.05) is 32.0 Å². The van der Waals surface area contributed by atoms with Gasteiger partial charge in [0.25, 0.3) is 0 Å². The number of carbonyl (C=O) groups excluding carboxylic acids is 2. The summed E-state index contributed by atoms with van der Waals surface area (Å²) < 4.78 is 5.15. The van der Waals surface area contributed by atoms with Gasteiger partial charge in [0.05, 0.1) is 12.8 Å². The van der Waals surface area contributed by atoms with Crippen molar-refractivity contribution in [3.8, 4) is 0 Å². The fourth-order valence-electron chi connectivity index (χ4n) is 2.75. The van der Waals surface area contributed by atoms with Gasteiger partial charge in [0, 0.05) is 12.2 Å². The molecule has 0 bridgehead atoms. The molecule has 1 aromatic carbocycles. The Morgan fingerprint density at radius 2 is 2.12 bits per heavy atom. The molecule has 24 heavy (non-hydrogen) atoms. The van der Waals surface area contributed by atoms with Crippen molar-refractivity contribution in [2.45, 2.75) is 32.9 Å². The van der Waals surface area contributed by atoms with Crippen LogP contribution in [0.1, 0.15) is 23.3 Å². The lowest BCUT2D eigenvalue weighted by Gasteiger charge is -2.18. The molecular weight excluding hydrogens is 306 g/mol. The lowest BCUT2D eigenvalue weighted by atomic mass is 10.1. The van der Waals surface area contributed by atoms with Crippen LogP contribution >= 0.6 is 0 Å². The van der Waals surface area contributed by atoms with Gasteiger partial charge in [0.1, 0.15) is 11.8 Å². The highest BCUT2D eigenvalue weighted by Crippen LogP contribution is 2.24. The van der Waals surface area contributed by atoms with Crippen molar-refractivity contribution in [1.82, 2.24) is 10.6 Å². The van der Waals surface area contributed by atoms with Crippen molar-refractivity contribution in [3.63, 3.8) is 0 Å². The third kappa shape index (κ3) is 3.42. The monoisotopic (exact) mass is 327 g/mol. The van der Waals surface area contributed by atoms with E-state index in [9.17, 15) is 9.59 Å². The first-order chi connectivity index (χ1) is 11.5. The average Bonchev–Trinajstić information content (AvgIpc) is 3.19. The first-order valence-electron chi connectivity index (χ1n) is 8.00. The van der Waals surface area contributed by atoms with Crippen LogP contribution in [-0.4, -0.2) is 24.5 Å². The SMILES string of the molecule is Cc1ccc(N2CC[C@H](NC(=O)NCc3ccco3)C2=O)cc1C. The molecule has 1 atom stereocenters. The van der Waals surface area contributed by atoms with Crippen molar-refractivity contribution < 1.29 is 14.0 Å². The average molecular weight is 327 g/mol. The number of nitrogens with zero attached hydrogens (tertiary/aromatic N) is 1. The summed E-state index contributed by atoms with van der Waals surface area (Å²) in [5.74, 6) is 0.589. The van der Waals surface area contributed by atoms with E-state index >= 15 is 0 Å². The summed E-state index contributed by atoms with van der Waals surface area (Å²) in [6.07, 6.45) is 2.15. The predicted octanol–water partition coefficient (Wildman–Crippen LogP) is 2.50. The molecule has 0 saturated carbocycles. The van der Waals surface area contributed by atoms with Crippen molar-refractivity contribution in [1.29, 1.82) is 0 Å². The van der Waals surface area contributed by atoms with Crippen molar-refractivity contribution in [2.75, 3.05) is 11.4 Å². The van der Waals surface area contributed by atoms with Gasteiger partial charge >= 0.3 is 6.03 Å². The van der Waals surface area contributed by atoms with E-state index in [2.05, 4.69) is 10.6 Å². The minimum absolute atomic E-state index is 0.0774. The van der Waals surface area contributed by atoms with Gasteiger partial charge < -0.3 is 20.0 Å². The number of carbonyl (C=O) groups is 2. The molecular formula is C18H21N3O3. The maximum atomic E-state index is 12.5. The minimum Gasteiger partial charge on any atom is -0.467 e. The van der Waals surface area contributed by atoms with Crippen LogP contribution < -0.4 is 15.5 Å². The second-order valence-electron chi connectivity index (χ2n) is 6.01. The molecule has 126 valence electrons. The third-order valence-corrected chi connectivity index (χ3v) is 4.32. The fraction of sp³-hybridized carbons (Fsp3) is 0.333. The zero-order valence-corrected chi connectivity index (χ0v) is 13.8. The van der Waals surface area contributed by atoms with Crippen LogP contribution in [0.2, 0.25) is 0 Å². The van der Waals surface area contributed by atoms with E-state index in [4.69, 9.17) is 4.42 Å². The Morgan fingerprint density at radius 3 is 2.83 bits per heavy atom. The Morgan fingerprint density at radius 1 is 1.29 bits per heavy atom. The molecule has 2 heterocycles. The molecule has 6 nitrogen and oxygen atoms in total. The summed E-state index contributed by atoms with van der Waals surface area (Å²) in [4.78, 5) is 26.2. The highest BCUT2D eigenvalue weighted by atomic mass is 16.3. The second kappa shape index (κ2) is 6.78. The molecule has 6 heteroatoms. The number of rotatable bonds is 4. The number of furan rings is 1. The van der Waals surface area contributed by atoms with Crippen molar-refractivity contribution in [2.24, 2.45) is 0 Å². The molecule has 0 unspecified atom stereocenters. The summed E-state index contributed by atoms with van der Waals surface area (Å²) in [6.45, 7) is 4.96. The van der Waals surface area contributed by atoms with E-state index in [1.54, 1.807) is 23.3 Å². The number of hydrogen-bond donors (Lipinski definition) is 2. The number of amides is 3. The molecule has 2 N–H and O–H groups in total. The van der Waals surface area contributed by atoms with Gasteiger partial charge in [-0.3, -0.25) is 4.79 Å². The van der Waals surface area contributed by atoms with Gasteiger partial charge in [-0.1, -0.05) is 6.07 Å². The van der Waals surface area contributed by atoms with E-state index in [1.165, 1.54) is 5.56 Å². The molecule has 1 aliphatic heterocycles. The van der Waals surface area contributed by atoms with Crippen LogP contribution in [0.25, 0.3) is 0 Å². The molecule has 0 radical (unpaired) electrons. The second-order valence-corrected chi connectivity index (χ2v) is 6.01. The van der Waals surface area contributed by atoms with Crippen LogP contribution in [0.5, 0.6) is 0 Å². The molecule has 1 aromatic heterocycles. The van der Waals surface area contributed by atoms with Crippen LogP contribution in [0.4, 0.5) is 10.5 Å². The first kappa shape index (κ1) is 16.1. The summed E-state index contributed by atoms with van der Waals surface area (Å²) in [7, 11) is 0. The van der Waals surface area contributed by atoms with Gasteiger partial charge in [-0.2, -0.15) is 0 Å². The Bertz CT molecular complexity index is 740. The number of hydrogen-bond acceptors (Lipinski definition) is 3. The van der Waals surface area contributed by atoms with Crippen molar-refractivity contribution in [3.05, 3.63) is 53.5 Å². The molecule has 0 aliphatic carbocycles. The van der Waals surface area contributed by atoms with Crippen LogP contribution in [0, 0.1) is 13.8 Å². The summed E-state index contributed by atoms with van der Waals surface area (Å²) in [5.41, 5.74) is 3.22. The van der Waals surface area contributed by atoms with Crippen LogP contribution in [0.15, 0.2) is 41.0 Å². The quantitative estimate of drug-likeness (QED) is 0.906. The Balaban J connectivity index is 1.57. The smallest absolute Gasteiger partial charge is 0.315 e. The highest BCUT2D eigenvalue weighted by molar-refractivity contribution is 6.01. The van der Waals surface area contributed by atoms with Gasteiger partial charge in [0.15, 0.2) is 0 Å². The molecule has 2 aromatic rings. The lowest BCUT2D eigenvalue weighted by molar-refractivity contribution is -0.118. The standard InChI is InChI=1S/C18H21N3O3/c1-12-5-6-14(10-13(12)2)21-8-7-16(17(21)22)20-18(23)19-11-15-4-3-9-24-15/h3-6,9-10,16H,7-8,11H2,1-2H3,(H2,19,20,23)/t16-/m0/s1. The molecule has 0 spiro atoms. The first-order valence-corrected chi connectivity index (χ1v) is 8.00. The topological polar surface area (TPSA) is 74.6 Å². The summed E-state index contributed by atoms with van der Waals surface area (Å²) in [5, 5.41) is 5.42. The zero-order valence-electron chi connectivity index (χ0n) is 13.8. The van der Waals surface area contributed by atoms with E-state index in [0.717, 1.165) is 11.3 Å². The lowest BCUT2D eigenvalue weighted by Crippen LogP contribution is -2.45. The number of urea groups is 1. The van der Waals surface area contributed by atoms with Gasteiger partial charge in [-0.25, -0.2) is 4.79 Å². The van der Waals surface area contributed by atoms with Crippen LogP contribution in [-0.2, 0) is 11.3 Å². The number of nitrogens with one attached hydrogen (secondary N) is 2. The number of benzene rings is 1. The normalized spacial score (nSPS) is 17.2. The Kier molecular flexibility index (Phi) is 4.55. The van der Waals surface area contributed by atoms with Crippen LogP contribution in [0.3, 0.4) is 0 Å². The van der Waals surface area contributed by atoms with E-state index in [-0.39, 0.29) is 11.9 Å². The maximum Gasteiger partial charge on any atom is 0.315 e. The Labute approximate surface area is 140 Å². The van der Waals surface area contributed by atoms with Gasteiger partial charge in [-0.05, 0) is 55.7 Å². The van der Waals surface area contributed by atoms with Crippen molar-refractivity contribution >= 4 is 17.6 Å². The maximum absolute atomic E-state index is 12.5. The summed E-state index contributed by atoms with van der Waals surface area (Å²) in [6, 6.07) is 8.63. The van der Waals surface area contributed by atoms with E-state index < -0.39 is 6.04 Å². The van der Waals surface area contributed by atoms with Gasteiger partial charge in [-0.15, -0.1) is 0 Å². The molecule has 1 fully saturated rings. The predicted molar refractivity (Wildman–Crippen MR) is 90.8 cm³/mol. The molecule has 1 aliphatic rings. The zero-order chi connectivity index (χ0) is 17.1. The fourth-order valence-corrected chi connectivity index (χ4v) is 2.75. The number of aryl methyl sites for hydroxylation is 2. The highest BCUT2D eigenvalue weighted by Gasteiger charge is 2.33. The third-order valence-electron chi connectivity index (χ3n) is 4.32.